The van der Waals surface area contributed by atoms with Crippen molar-refractivity contribution in [2.75, 3.05) is 50.2 Å². The van der Waals surface area contributed by atoms with Crippen molar-refractivity contribution in [2.24, 2.45) is 0 Å². The summed E-state index contributed by atoms with van der Waals surface area (Å²) >= 11 is 0. The zero-order chi connectivity index (χ0) is 19.9. The van der Waals surface area contributed by atoms with Gasteiger partial charge in [0.2, 0.25) is 0 Å². The van der Waals surface area contributed by atoms with E-state index in [2.05, 4.69) is 10.2 Å². The number of amides is 1. The Morgan fingerprint density at radius 3 is 2.54 bits per heavy atom. The first kappa shape index (κ1) is 19.5. The molecule has 0 unspecified atom stereocenters. The van der Waals surface area contributed by atoms with Crippen molar-refractivity contribution in [1.82, 2.24) is 0 Å². The van der Waals surface area contributed by atoms with E-state index in [1.807, 2.05) is 12.1 Å². The largest absolute Gasteiger partial charge is 0.507 e. The van der Waals surface area contributed by atoms with Gasteiger partial charge in [-0.05, 0) is 42.5 Å². The zero-order valence-electron chi connectivity index (χ0n) is 15.5. The van der Waals surface area contributed by atoms with E-state index in [9.17, 15) is 14.7 Å². The molecule has 0 bridgehead atoms. The Balaban J connectivity index is 1.52. The Hall–Kier alpha value is -3.26. The highest BCUT2D eigenvalue weighted by Gasteiger charge is 2.16. The Bertz CT molecular complexity index is 831. The van der Waals surface area contributed by atoms with Crippen molar-refractivity contribution < 1.29 is 28.9 Å². The Kier molecular flexibility index (Phi) is 6.33. The molecule has 0 radical (unpaired) electrons. The second-order valence-electron chi connectivity index (χ2n) is 6.15. The van der Waals surface area contributed by atoms with Gasteiger partial charge in [0.05, 0.1) is 20.3 Å². The topological polar surface area (TPSA) is 97.3 Å². The molecule has 2 aromatic carbocycles. The van der Waals surface area contributed by atoms with E-state index in [0.717, 1.165) is 18.8 Å². The van der Waals surface area contributed by atoms with Gasteiger partial charge in [0.25, 0.3) is 5.91 Å². The summed E-state index contributed by atoms with van der Waals surface area (Å²) in [4.78, 5) is 26.3. The molecule has 28 heavy (non-hydrogen) atoms. The molecule has 0 aromatic heterocycles. The molecule has 8 nitrogen and oxygen atoms in total. The number of carbonyl (C=O) groups excluding carboxylic acids is 2. The van der Waals surface area contributed by atoms with Gasteiger partial charge >= 0.3 is 5.97 Å². The summed E-state index contributed by atoms with van der Waals surface area (Å²) < 4.78 is 15.3. The van der Waals surface area contributed by atoms with E-state index in [4.69, 9.17) is 14.2 Å². The van der Waals surface area contributed by atoms with Gasteiger partial charge in [-0.25, -0.2) is 4.79 Å². The van der Waals surface area contributed by atoms with E-state index >= 15 is 0 Å². The molecular weight excluding hydrogens is 364 g/mol. The van der Waals surface area contributed by atoms with Gasteiger partial charge in [0.1, 0.15) is 17.1 Å². The van der Waals surface area contributed by atoms with E-state index in [0.29, 0.717) is 24.7 Å². The minimum atomic E-state index is -0.811. The molecule has 0 saturated carbocycles. The van der Waals surface area contributed by atoms with Gasteiger partial charge in [-0.15, -0.1) is 0 Å². The number of ether oxygens (including phenoxy) is 3. The summed E-state index contributed by atoms with van der Waals surface area (Å²) in [6.45, 7) is 2.59. The monoisotopic (exact) mass is 386 g/mol. The van der Waals surface area contributed by atoms with E-state index in [1.165, 1.54) is 25.3 Å². The van der Waals surface area contributed by atoms with Crippen LogP contribution in [0.1, 0.15) is 10.4 Å². The smallest absolute Gasteiger partial charge is 0.342 e. The maximum absolute atomic E-state index is 12.1. The number of rotatable bonds is 6. The van der Waals surface area contributed by atoms with Crippen LogP contribution in [0.25, 0.3) is 0 Å². The predicted molar refractivity (Wildman–Crippen MR) is 103 cm³/mol. The van der Waals surface area contributed by atoms with Crippen LogP contribution in [-0.4, -0.2) is 57.0 Å². The van der Waals surface area contributed by atoms with Crippen LogP contribution in [-0.2, 0) is 14.3 Å². The lowest BCUT2D eigenvalue weighted by molar-refractivity contribution is -0.119. The number of carbonyl (C=O) groups is 2. The number of esters is 1. The van der Waals surface area contributed by atoms with Gasteiger partial charge in [0.15, 0.2) is 6.61 Å². The fraction of sp³-hybridized carbons (Fsp3) is 0.300. The molecule has 1 fully saturated rings. The normalized spacial score (nSPS) is 13.7. The molecule has 2 aromatic rings. The molecule has 148 valence electrons. The third-order valence-electron chi connectivity index (χ3n) is 4.29. The van der Waals surface area contributed by atoms with Crippen LogP contribution >= 0.6 is 0 Å². The first-order valence-corrected chi connectivity index (χ1v) is 8.83. The van der Waals surface area contributed by atoms with Gasteiger partial charge in [-0.1, -0.05) is 0 Å². The lowest BCUT2D eigenvalue weighted by Gasteiger charge is -2.28. The SMILES string of the molecule is COc1ccc(O)c(C(=O)OCC(=O)Nc2ccc(N3CCOCC3)cc2)c1. The van der Waals surface area contributed by atoms with Gasteiger partial charge in [-0.2, -0.15) is 0 Å². The minimum absolute atomic E-state index is 0.0676. The summed E-state index contributed by atoms with van der Waals surface area (Å²) in [6, 6.07) is 11.6. The molecular formula is C20H22N2O6. The number of morpholine rings is 1. The summed E-state index contributed by atoms with van der Waals surface area (Å²) in [7, 11) is 1.44. The first-order chi connectivity index (χ1) is 13.6. The van der Waals surface area contributed by atoms with Crippen molar-refractivity contribution >= 4 is 23.3 Å². The van der Waals surface area contributed by atoms with E-state index < -0.39 is 18.5 Å². The van der Waals surface area contributed by atoms with Crippen molar-refractivity contribution in [2.45, 2.75) is 0 Å². The molecule has 1 aliphatic rings. The number of nitrogens with zero attached hydrogens (tertiary/aromatic N) is 1. The molecule has 2 N–H and O–H groups in total. The second kappa shape index (κ2) is 9.09. The Morgan fingerprint density at radius 1 is 1.14 bits per heavy atom. The van der Waals surface area contributed by atoms with Crippen LogP contribution < -0.4 is 15.0 Å². The maximum atomic E-state index is 12.1. The number of benzene rings is 2. The van der Waals surface area contributed by atoms with Gasteiger partial charge < -0.3 is 29.5 Å². The molecule has 0 spiro atoms. The number of nitrogens with one attached hydrogen (secondary N) is 1. The highest BCUT2D eigenvalue weighted by molar-refractivity contribution is 5.97. The quantitative estimate of drug-likeness (QED) is 0.733. The minimum Gasteiger partial charge on any atom is -0.507 e. The number of hydrogen-bond donors (Lipinski definition) is 2. The van der Waals surface area contributed by atoms with Crippen molar-refractivity contribution in [3.8, 4) is 11.5 Å². The third-order valence-corrected chi connectivity index (χ3v) is 4.29. The number of aromatic hydroxyl groups is 1. The first-order valence-electron chi connectivity index (χ1n) is 8.83. The van der Waals surface area contributed by atoms with Crippen molar-refractivity contribution in [3.05, 3.63) is 48.0 Å². The number of hydrogen-bond acceptors (Lipinski definition) is 7. The van der Waals surface area contributed by atoms with E-state index in [-0.39, 0.29) is 11.3 Å². The number of anilines is 2. The van der Waals surface area contributed by atoms with Gasteiger partial charge in [0, 0.05) is 24.5 Å². The summed E-state index contributed by atoms with van der Waals surface area (Å²) in [5, 5.41) is 12.4. The van der Waals surface area contributed by atoms with Crippen LogP contribution in [0.2, 0.25) is 0 Å². The van der Waals surface area contributed by atoms with Crippen LogP contribution in [0, 0.1) is 0 Å². The highest BCUT2D eigenvalue weighted by Crippen LogP contribution is 2.23. The standard InChI is InChI=1S/C20H22N2O6/c1-26-16-6-7-18(23)17(12-16)20(25)28-13-19(24)21-14-2-4-15(5-3-14)22-8-10-27-11-9-22/h2-7,12,23H,8-11,13H2,1H3,(H,21,24). The fourth-order valence-electron chi connectivity index (χ4n) is 2.79. The molecule has 1 amide bonds. The lowest BCUT2D eigenvalue weighted by atomic mass is 10.2. The second-order valence-corrected chi connectivity index (χ2v) is 6.15. The molecule has 0 atom stereocenters. The Labute approximate surface area is 162 Å². The lowest BCUT2D eigenvalue weighted by Crippen LogP contribution is -2.36. The van der Waals surface area contributed by atoms with Crippen molar-refractivity contribution in [1.29, 1.82) is 0 Å². The molecule has 0 aliphatic carbocycles. The number of methoxy groups -OCH3 is 1. The molecule has 8 heteroatoms. The predicted octanol–water partition coefficient (Wildman–Crippen LogP) is 2.03. The third kappa shape index (κ3) is 4.92. The molecule has 1 aliphatic heterocycles. The van der Waals surface area contributed by atoms with Crippen LogP contribution in [0.4, 0.5) is 11.4 Å². The zero-order valence-corrected chi connectivity index (χ0v) is 15.5. The summed E-state index contributed by atoms with van der Waals surface area (Å²) in [5.41, 5.74) is 1.59. The maximum Gasteiger partial charge on any atom is 0.342 e. The molecule has 3 rings (SSSR count). The van der Waals surface area contributed by atoms with Gasteiger partial charge in [-0.3, -0.25) is 4.79 Å². The van der Waals surface area contributed by atoms with E-state index in [1.54, 1.807) is 12.1 Å². The molecule has 1 saturated heterocycles. The van der Waals surface area contributed by atoms with Crippen LogP contribution in [0.3, 0.4) is 0 Å². The highest BCUT2D eigenvalue weighted by atomic mass is 16.5. The summed E-state index contributed by atoms with van der Waals surface area (Å²) in [5.74, 6) is -1.14. The molecule has 1 heterocycles. The summed E-state index contributed by atoms with van der Waals surface area (Å²) in [6.07, 6.45) is 0. The Morgan fingerprint density at radius 2 is 1.86 bits per heavy atom. The van der Waals surface area contributed by atoms with Crippen LogP contribution in [0.15, 0.2) is 42.5 Å². The fourth-order valence-corrected chi connectivity index (χ4v) is 2.79. The average molecular weight is 386 g/mol. The van der Waals surface area contributed by atoms with Crippen molar-refractivity contribution in [3.63, 3.8) is 0 Å². The number of phenols is 1. The number of phenolic OH excluding ortho intramolecular Hbond substituents is 1. The van der Waals surface area contributed by atoms with Crippen LogP contribution in [0.5, 0.6) is 11.5 Å². The average Bonchev–Trinajstić information content (AvgIpc) is 2.73.